The van der Waals surface area contributed by atoms with Gasteiger partial charge in [0.25, 0.3) is 0 Å². The minimum atomic E-state index is -0.283. The number of thiazole rings is 1. The number of aromatic nitrogens is 1. The molecule has 0 fully saturated rings. The molecule has 1 aromatic heterocycles. The van der Waals surface area contributed by atoms with E-state index >= 15 is 0 Å². The van der Waals surface area contributed by atoms with Gasteiger partial charge in [-0.2, -0.15) is 5.26 Å². The molecule has 0 unspecified atom stereocenters. The van der Waals surface area contributed by atoms with Crippen LogP contribution in [-0.4, -0.2) is 4.98 Å². The first-order chi connectivity index (χ1) is 7.20. The first-order valence-electron chi connectivity index (χ1n) is 4.03. The maximum atomic E-state index is 12.7. The van der Waals surface area contributed by atoms with Gasteiger partial charge in [-0.05, 0) is 40.2 Å². The van der Waals surface area contributed by atoms with E-state index in [2.05, 4.69) is 20.9 Å². The van der Waals surface area contributed by atoms with Crippen molar-refractivity contribution in [3.8, 4) is 16.6 Å². The molecule has 0 aliphatic carbocycles. The van der Waals surface area contributed by atoms with E-state index < -0.39 is 0 Å². The molecule has 74 valence electrons. The van der Waals surface area contributed by atoms with E-state index in [9.17, 15) is 4.39 Å². The Bertz CT molecular complexity index is 527. The molecule has 0 N–H and O–H groups in total. The van der Waals surface area contributed by atoms with E-state index in [-0.39, 0.29) is 5.82 Å². The fourth-order valence-corrected chi connectivity index (χ4v) is 2.47. The Hall–Kier alpha value is -1.25. The molecule has 2 aromatic rings. The summed E-state index contributed by atoms with van der Waals surface area (Å²) in [5.41, 5.74) is 1.17. The van der Waals surface area contributed by atoms with E-state index in [1.54, 1.807) is 12.1 Å². The molecule has 1 heterocycles. The molecule has 0 saturated heterocycles. The van der Waals surface area contributed by atoms with E-state index in [4.69, 9.17) is 5.26 Å². The monoisotopic (exact) mass is 282 g/mol. The second-order valence-electron chi connectivity index (χ2n) is 2.76. The summed E-state index contributed by atoms with van der Waals surface area (Å²) in [6.07, 6.45) is 0. The quantitative estimate of drug-likeness (QED) is 0.802. The summed E-state index contributed by atoms with van der Waals surface area (Å²) in [4.78, 5) is 4.12. The Morgan fingerprint density at radius 2 is 2.00 bits per heavy atom. The summed E-state index contributed by atoms with van der Waals surface area (Å²) < 4.78 is 13.4. The molecule has 2 rings (SSSR count). The molecule has 0 spiro atoms. The number of hydrogen-bond donors (Lipinski definition) is 0. The molecule has 0 aliphatic rings. The Morgan fingerprint density at radius 1 is 1.33 bits per heavy atom. The lowest BCUT2D eigenvalue weighted by molar-refractivity contribution is 0.628. The smallest absolute Gasteiger partial charge is 0.166 e. The predicted octanol–water partition coefficient (Wildman–Crippen LogP) is 3.58. The van der Waals surface area contributed by atoms with Gasteiger partial charge in [0.05, 0.1) is 0 Å². The van der Waals surface area contributed by atoms with Gasteiger partial charge in [-0.25, -0.2) is 9.37 Å². The van der Waals surface area contributed by atoms with Gasteiger partial charge in [0, 0.05) is 5.56 Å². The second-order valence-corrected chi connectivity index (χ2v) is 5.08. The van der Waals surface area contributed by atoms with E-state index in [1.807, 2.05) is 6.07 Å². The minimum Gasteiger partial charge on any atom is -0.224 e. The molecule has 15 heavy (non-hydrogen) atoms. The summed E-state index contributed by atoms with van der Waals surface area (Å²) in [6.45, 7) is 0. The van der Waals surface area contributed by atoms with Crippen molar-refractivity contribution in [2.45, 2.75) is 0 Å². The maximum absolute atomic E-state index is 12.7. The SMILES string of the molecule is N#Cc1nc(-c2ccc(F)cc2)sc1Br. The van der Waals surface area contributed by atoms with Crippen molar-refractivity contribution in [1.82, 2.24) is 4.98 Å². The Kier molecular flexibility index (Phi) is 2.80. The highest BCUT2D eigenvalue weighted by Gasteiger charge is 2.09. The van der Waals surface area contributed by atoms with Gasteiger partial charge in [-0.3, -0.25) is 0 Å². The number of benzene rings is 1. The third-order valence-corrected chi connectivity index (χ3v) is 3.54. The topological polar surface area (TPSA) is 36.7 Å². The molecular weight excluding hydrogens is 279 g/mol. The zero-order valence-corrected chi connectivity index (χ0v) is 9.77. The molecular formula is C10H4BrFN2S. The first-order valence-corrected chi connectivity index (χ1v) is 5.64. The molecule has 0 radical (unpaired) electrons. The summed E-state index contributed by atoms with van der Waals surface area (Å²) in [5.74, 6) is -0.283. The fourth-order valence-electron chi connectivity index (χ4n) is 1.09. The van der Waals surface area contributed by atoms with Crippen LogP contribution in [0.15, 0.2) is 28.1 Å². The van der Waals surface area contributed by atoms with Gasteiger partial charge in [-0.1, -0.05) is 0 Å². The van der Waals surface area contributed by atoms with Crippen LogP contribution < -0.4 is 0 Å². The van der Waals surface area contributed by atoms with Gasteiger partial charge in [-0.15, -0.1) is 11.3 Å². The minimum absolute atomic E-state index is 0.283. The Labute approximate surface area is 98.1 Å². The van der Waals surface area contributed by atoms with Gasteiger partial charge in [0.2, 0.25) is 0 Å². The third-order valence-electron chi connectivity index (χ3n) is 1.78. The van der Waals surface area contributed by atoms with Crippen LogP contribution in [0.2, 0.25) is 0 Å². The lowest BCUT2D eigenvalue weighted by atomic mass is 10.2. The van der Waals surface area contributed by atoms with Crippen molar-refractivity contribution >= 4 is 27.3 Å². The van der Waals surface area contributed by atoms with Crippen molar-refractivity contribution in [1.29, 1.82) is 5.26 Å². The molecule has 1 aromatic carbocycles. The number of halogens is 2. The van der Waals surface area contributed by atoms with Gasteiger partial charge in [0.1, 0.15) is 20.7 Å². The first kappa shape index (κ1) is 10.3. The zero-order chi connectivity index (χ0) is 10.8. The van der Waals surface area contributed by atoms with Crippen LogP contribution >= 0.6 is 27.3 Å². The summed E-state index contributed by atoms with van der Waals surface area (Å²) in [6, 6.07) is 8.00. The van der Waals surface area contributed by atoms with Crippen LogP contribution in [0.25, 0.3) is 10.6 Å². The highest BCUT2D eigenvalue weighted by Crippen LogP contribution is 2.31. The van der Waals surface area contributed by atoms with Crippen molar-refractivity contribution < 1.29 is 4.39 Å². The standard InChI is InChI=1S/C10H4BrFN2S/c11-9-8(5-13)14-10(15-9)6-1-3-7(12)4-2-6/h1-4H. The van der Waals surface area contributed by atoms with E-state index in [0.29, 0.717) is 14.5 Å². The second kappa shape index (κ2) is 4.09. The summed E-state index contributed by atoms with van der Waals surface area (Å²) in [7, 11) is 0. The Morgan fingerprint density at radius 3 is 2.53 bits per heavy atom. The molecule has 0 aliphatic heterocycles. The van der Waals surface area contributed by atoms with Gasteiger partial charge in [0.15, 0.2) is 5.69 Å². The normalized spacial score (nSPS) is 9.93. The highest BCUT2D eigenvalue weighted by molar-refractivity contribution is 9.11. The van der Waals surface area contributed by atoms with Crippen molar-refractivity contribution in [3.63, 3.8) is 0 Å². The molecule has 5 heteroatoms. The molecule has 0 saturated carbocycles. The average molecular weight is 283 g/mol. The van der Waals surface area contributed by atoms with Crippen LogP contribution in [0, 0.1) is 17.1 Å². The van der Waals surface area contributed by atoms with Gasteiger partial charge >= 0.3 is 0 Å². The molecule has 2 nitrogen and oxygen atoms in total. The van der Waals surface area contributed by atoms with Crippen LogP contribution in [-0.2, 0) is 0 Å². The van der Waals surface area contributed by atoms with Crippen LogP contribution in [0.3, 0.4) is 0 Å². The number of nitriles is 1. The van der Waals surface area contributed by atoms with Crippen LogP contribution in [0.4, 0.5) is 4.39 Å². The summed E-state index contributed by atoms with van der Waals surface area (Å²) >= 11 is 4.61. The average Bonchev–Trinajstić information content (AvgIpc) is 2.61. The maximum Gasteiger partial charge on any atom is 0.166 e. The van der Waals surface area contributed by atoms with Crippen LogP contribution in [0.1, 0.15) is 5.69 Å². The zero-order valence-electron chi connectivity index (χ0n) is 7.37. The van der Waals surface area contributed by atoms with Gasteiger partial charge < -0.3 is 0 Å². The summed E-state index contributed by atoms with van der Waals surface area (Å²) in [5, 5.41) is 9.43. The molecule has 0 bridgehead atoms. The lowest BCUT2D eigenvalue weighted by Crippen LogP contribution is -1.78. The molecule has 0 amide bonds. The number of nitrogens with zero attached hydrogens (tertiary/aromatic N) is 2. The number of rotatable bonds is 1. The Balaban J connectivity index is 2.46. The third kappa shape index (κ3) is 2.06. The van der Waals surface area contributed by atoms with Crippen LogP contribution in [0.5, 0.6) is 0 Å². The predicted molar refractivity (Wildman–Crippen MR) is 59.9 cm³/mol. The lowest BCUT2D eigenvalue weighted by Gasteiger charge is -1.93. The largest absolute Gasteiger partial charge is 0.224 e. The van der Waals surface area contributed by atoms with Crippen molar-refractivity contribution in [2.75, 3.05) is 0 Å². The fraction of sp³-hybridized carbons (Fsp3) is 0. The number of hydrogen-bond acceptors (Lipinski definition) is 3. The highest BCUT2D eigenvalue weighted by atomic mass is 79.9. The van der Waals surface area contributed by atoms with Crippen molar-refractivity contribution in [2.24, 2.45) is 0 Å². The molecule has 0 atom stereocenters. The van der Waals surface area contributed by atoms with E-state index in [0.717, 1.165) is 5.56 Å². The van der Waals surface area contributed by atoms with Crippen molar-refractivity contribution in [3.05, 3.63) is 39.6 Å². The van der Waals surface area contributed by atoms with E-state index in [1.165, 1.54) is 23.5 Å².